The van der Waals surface area contributed by atoms with Crippen LogP contribution >= 0.6 is 0 Å². The number of ether oxygens (including phenoxy) is 1. The maximum atomic E-state index is 12.7. The molecule has 1 aromatic rings. The quantitative estimate of drug-likeness (QED) is 0.573. The van der Waals surface area contributed by atoms with E-state index in [-0.39, 0.29) is 23.4 Å². The number of esters is 1. The van der Waals surface area contributed by atoms with Gasteiger partial charge < -0.3 is 10.1 Å². The zero-order valence-electron chi connectivity index (χ0n) is 16.8. The number of fused-ring (bicyclic) bond motifs is 1. The molecular weight excluding hydrogens is 396 g/mol. The molecule has 2 aliphatic heterocycles. The van der Waals surface area contributed by atoms with E-state index in [0.717, 1.165) is 10.5 Å². The smallest absolute Gasteiger partial charge is 0.355 e. The first-order valence-corrected chi connectivity index (χ1v) is 10.9. The van der Waals surface area contributed by atoms with Crippen molar-refractivity contribution in [3.63, 3.8) is 0 Å². The molecule has 2 aliphatic rings. The Hall–Kier alpha value is -2.68. The predicted octanol–water partition coefficient (Wildman–Crippen LogP) is 0.926. The van der Waals surface area contributed by atoms with Crippen molar-refractivity contribution in [2.75, 3.05) is 5.75 Å². The zero-order valence-corrected chi connectivity index (χ0v) is 17.6. The minimum absolute atomic E-state index is 0.0190. The molecule has 1 aromatic carbocycles. The van der Waals surface area contributed by atoms with Crippen LogP contribution in [0.15, 0.2) is 41.6 Å². The van der Waals surface area contributed by atoms with Gasteiger partial charge in [-0.25, -0.2) is 13.2 Å². The van der Waals surface area contributed by atoms with Crippen molar-refractivity contribution in [2.24, 2.45) is 0 Å². The molecule has 8 nitrogen and oxygen atoms in total. The van der Waals surface area contributed by atoms with Crippen molar-refractivity contribution >= 4 is 27.6 Å². The highest BCUT2D eigenvalue weighted by Gasteiger charge is 2.60. The number of benzene rings is 1. The molecule has 1 fully saturated rings. The fraction of sp³-hybridized carbons (Fsp3) is 0.450. The maximum absolute atomic E-state index is 12.7. The van der Waals surface area contributed by atoms with Crippen molar-refractivity contribution in [1.29, 1.82) is 0 Å². The van der Waals surface area contributed by atoms with Gasteiger partial charge in [-0.3, -0.25) is 14.5 Å². The van der Waals surface area contributed by atoms with Crippen LogP contribution < -0.4 is 5.32 Å². The van der Waals surface area contributed by atoms with Gasteiger partial charge in [0.25, 0.3) is 5.91 Å². The summed E-state index contributed by atoms with van der Waals surface area (Å²) in [7, 11) is -3.76. The number of carbonyl (C=O) groups is 3. The largest absolute Gasteiger partial charge is 0.455 e. The standard InChI is InChI=1S/C20H24N2O6S/c1-12-11-29(26,27)18-15(21-14(23)10-13-8-6-5-7-9-13)17(24)22(18)16(12)19(25)28-20(2,3)4/h5-9,15,18H,10-11H2,1-4H3,(H,21,23)/t15-,18-/m1/s1. The highest BCUT2D eigenvalue weighted by molar-refractivity contribution is 7.92. The van der Waals surface area contributed by atoms with Crippen LogP contribution in [-0.4, -0.2) is 53.9 Å². The van der Waals surface area contributed by atoms with Crippen molar-refractivity contribution in [2.45, 2.75) is 51.1 Å². The summed E-state index contributed by atoms with van der Waals surface area (Å²) in [5.74, 6) is -2.23. The molecule has 3 rings (SSSR count). The summed E-state index contributed by atoms with van der Waals surface area (Å²) in [6, 6.07) is 7.69. The lowest BCUT2D eigenvalue weighted by Gasteiger charge is -2.49. The topological polar surface area (TPSA) is 110 Å². The molecule has 1 N–H and O–H groups in total. The van der Waals surface area contributed by atoms with E-state index in [1.165, 1.54) is 6.92 Å². The Balaban J connectivity index is 1.81. The lowest BCUT2D eigenvalue weighted by Crippen LogP contribution is -2.74. The third kappa shape index (κ3) is 4.19. The second-order valence-corrected chi connectivity index (χ2v) is 10.3. The Morgan fingerprint density at radius 2 is 1.83 bits per heavy atom. The molecule has 0 aromatic heterocycles. The highest BCUT2D eigenvalue weighted by Crippen LogP contribution is 2.37. The van der Waals surface area contributed by atoms with E-state index >= 15 is 0 Å². The van der Waals surface area contributed by atoms with Crippen LogP contribution in [0.4, 0.5) is 0 Å². The van der Waals surface area contributed by atoms with Gasteiger partial charge in [0, 0.05) is 0 Å². The Morgan fingerprint density at radius 3 is 2.41 bits per heavy atom. The molecule has 1 saturated heterocycles. The van der Waals surface area contributed by atoms with Gasteiger partial charge >= 0.3 is 5.97 Å². The van der Waals surface area contributed by atoms with Gasteiger partial charge in [0.2, 0.25) is 5.91 Å². The summed E-state index contributed by atoms with van der Waals surface area (Å²) < 4.78 is 30.7. The Morgan fingerprint density at radius 1 is 1.21 bits per heavy atom. The van der Waals surface area contributed by atoms with Gasteiger partial charge in [0.15, 0.2) is 15.2 Å². The van der Waals surface area contributed by atoms with E-state index in [9.17, 15) is 22.8 Å². The molecule has 9 heteroatoms. The molecule has 29 heavy (non-hydrogen) atoms. The van der Waals surface area contributed by atoms with E-state index in [1.807, 2.05) is 6.07 Å². The zero-order chi connectivity index (χ0) is 21.6. The van der Waals surface area contributed by atoms with Crippen molar-refractivity contribution in [1.82, 2.24) is 10.2 Å². The van der Waals surface area contributed by atoms with Crippen LogP contribution in [-0.2, 0) is 35.4 Å². The van der Waals surface area contributed by atoms with Crippen LogP contribution in [0.3, 0.4) is 0 Å². The fourth-order valence-electron chi connectivity index (χ4n) is 3.47. The van der Waals surface area contributed by atoms with Crippen LogP contribution in [0.2, 0.25) is 0 Å². The summed E-state index contributed by atoms with van der Waals surface area (Å²) >= 11 is 0. The SMILES string of the molecule is CC1=C(C(=O)OC(C)(C)C)N2C(=O)[C@@H](NC(=O)Cc3ccccc3)[C@H]2S(=O)(=O)C1. The van der Waals surface area contributed by atoms with Gasteiger partial charge in [-0.05, 0) is 38.8 Å². The summed E-state index contributed by atoms with van der Waals surface area (Å²) in [5, 5.41) is 1.20. The number of nitrogens with zero attached hydrogens (tertiary/aromatic N) is 1. The highest BCUT2D eigenvalue weighted by atomic mass is 32.2. The number of β-lactam (4-membered cyclic amide) rings is 1. The fourth-order valence-corrected chi connectivity index (χ4v) is 5.51. The first-order valence-electron chi connectivity index (χ1n) is 9.22. The molecule has 0 radical (unpaired) electrons. The molecular formula is C20H24N2O6S. The Bertz CT molecular complexity index is 992. The molecule has 156 valence electrons. The number of amides is 2. The number of carbonyl (C=O) groups excluding carboxylic acids is 3. The third-order valence-electron chi connectivity index (χ3n) is 4.59. The van der Waals surface area contributed by atoms with Crippen molar-refractivity contribution in [3.05, 3.63) is 47.2 Å². The van der Waals surface area contributed by atoms with Gasteiger partial charge in [-0.2, -0.15) is 0 Å². The minimum Gasteiger partial charge on any atom is -0.455 e. The summed E-state index contributed by atoms with van der Waals surface area (Å²) in [4.78, 5) is 38.6. The molecule has 0 saturated carbocycles. The third-order valence-corrected chi connectivity index (χ3v) is 6.64. The normalized spacial score (nSPS) is 23.2. The number of rotatable bonds is 4. The van der Waals surface area contributed by atoms with Gasteiger partial charge in [0.1, 0.15) is 17.3 Å². The Kier molecular flexibility index (Phi) is 5.29. The second-order valence-electron chi connectivity index (χ2n) is 8.24. The molecule has 0 aliphatic carbocycles. The first kappa shape index (κ1) is 21.0. The number of sulfone groups is 1. The summed E-state index contributed by atoms with van der Waals surface area (Å²) in [6.07, 6.45) is 0.0190. The van der Waals surface area contributed by atoms with Crippen LogP contribution in [0.5, 0.6) is 0 Å². The first-order chi connectivity index (χ1) is 13.4. The van der Waals surface area contributed by atoms with E-state index < -0.39 is 44.6 Å². The number of hydrogen-bond donors (Lipinski definition) is 1. The van der Waals surface area contributed by atoms with Gasteiger partial charge in [-0.15, -0.1) is 0 Å². The van der Waals surface area contributed by atoms with E-state index in [2.05, 4.69) is 5.32 Å². The predicted molar refractivity (Wildman–Crippen MR) is 105 cm³/mol. The van der Waals surface area contributed by atoms with Crippen LogP contribution in [0.1, 0.15) is 33.3 Å². The molecule has 0 spiro atoms. The molecule has 2 amide bonds. The summed E-state index contributed by atoms with van der Waals surface area (Å²) in [5.41, 5.74) is 0.134. The average Bonchev–Trinajstić information content (AvgIpc) is 2.58. The van der Waals surface area contributed by atoms with Crippen molar-refractivity contribution in [3.8, 4) is 0 Å². The van der Waals surface area contributed by atoms with Gasteiger partial charge in [0.05, 0.1) is 12.2 Å². The van der Waals surface area contributed by atoms with E-state index in [4.69, 9.17) is 4.74 Å². The van der Waals surface area contributed by atoms with Crippen LogP contribution in [0, 0.1) is 0 Å². The van der Waals surface area contributed by atoms with Crippen LogP contribution in [0.25, 0.3) is 0 Å². The summed E-state index contributed by atoms with van der Waals surface area (Å²) in [6.45, 7) is 6.54. The second kappa shape index (κ2) is 7.29. The maximum Gasteiger partial charge on any atom is 0.355 e. The van der Waals surface area contributed by atoms with Crippen molar-refractivity contribution < 1.29 is 27.5 Å². The minimum atomic E-state index is -3.76. The lowest BCUT2D eigenvalue weighted by molar-refractivity contribution is -0.159. The number of nitrogens with one attached hydrogen (secondary N) is 1. The Labute approximate surface area is 169 Å². The van der Waals surface area contributed by atoms with E-state index in [0.29, 0.717) is 0 Å². The molecule has 2 heterocycles. The monoisotopic (exact) mass is 420 g/mol. The van der Waals surface area contributed by atoms with E-state index in [1.54, 1.807) is 45.0 Å². The molecule has 0 unspecified atom stereocenters. The average molecular weight is 420 g/mol. The lowest BCUT2D eigenvalue weighted by atomic mass is 10.0. The number of hydrogen-bond acceptors (Lipinski definition) is 6. The van der Waals surface area contributed by atoms with Gasteiger partial charge in [-0.1, -0.05) is 30.3 Å². The molecule has 2 atom stereocenters. The molecule has 0 bridgehead atoms.